The summed E-state index contributed by atoms with van der Waals surface area (Å²) in [6.07, 6.45) is -3.28. The summed E-state index contributed by atoms with van der Waals surface area (Å²) in [5.74, 6) is -1.77. The summed E-state index contributed by atoms with van der Waals surface area (Å²) in [6, 6.07) is 1.87. The number of ketones is 1. The Bertz CT molecular complexity index is 464. The van der Waals surface area contributed by atoms with Crippen molar-refractivity contribution in [2.24, 2.45) is 0 Å². The lowest BCUT2D eigenvalue weighted by Crippen LogP contribution is -2.30. The first-order valence-electron chi connectivity index (χ1n) is 5.54. The molecule has 18 heavy (non-hydrogen) atoms. The maximum atomic E-state index is 13.3. The van der Waals surface area contributed by atoms with Gasteiger partial charge in [-0.15, -0.1) is 0 Å². The first kappa shape index (κ1) is 13.0. The monoisotopic (exact) mass is 261 g/mol. The number of hydrogen-bond donors (Lipinski definition) is 1. The Balaban J connectivity index is 2.26. The van der Waals surface area contributed by atoms with E-state index in [0.29, 0.717) is 25.1 Å². The van der Waals surface area contributed by atoms with Crippen molar-refractivity contribution in [2.75, 3.05) is 6.54 Å². The maximum Gasteiger partial charge on any atom is 0.419 e. The molecule has 1 aromatic carbocycles. The van der Waals surface area contributed by atoms with Gasteiger partial charge in [0.2, 0.25) is 0 Å². The van der Waals surface area contributed by atoms with E-state index in [1.54, 1.807) is 0 Å². The molecule has 6 heteroatoms. The van der Waals surface area contributed by atoms with Crippen LogP contribution in [0.15, 0.2) is 18.2 Å². The summed E-state index contributed by atoms with van der Waals surface area (Å²) in [6.45, 7) is 0.694. The van der Waals surface area contributed by atoms with Gasteiger partial charge in [-0.1, -0.05) is 6.07 Å². The van der Waals surface area contributed by atoms with Crippen molar-refractivity contribution in [3.05, 3.63) is 35.1 Å². The smallest absolute Gasteiger partial charge is 0.307 e. The Morgan fingerprint density at radius 3 is 2.56 bits per heavy atom. The second-order valence-corrected chi connectivity index (χ2v) is 4.21. The average molecular weight is 261 g/mol. The molecule has 1 N–H and O–H groups in total. The van der Waals surface area contributed by atoms with Crippen molar-refractivity contribution in [3.63, 3.8) is 0 Å². The molecule has 2 rings (SSSR count). The number of halogens is 4. The number of rotatable bonds is 2. The van der Waals surface area contributed by atoms with E-state index in [-0.39, 0.29) is 11.3 Å². The highest BCUT2D eigenvalue weighted by Gasteiger charge is 2.34. The van der Waals surface area contributed by atoms with E-state index in [0.717, 1.165) is 12.5 Å². The van der Waals surface area contributed by atoms with Crippen LogP contribution in [0.3, 0.4) is 0 Å². The van der Waals surface area contributed by atoms with E-state index in [1.807, 2.05) is 0 Å². The zero-order chi connectivity index (χ0) is 13.3. The molecule has 1 fully saturated rings. The molecule has 1 aliphatic rings. The summed E-state index contributed by atoms with van der Waals surface area (Å²) < 4.78 is 50.3. The lowest BCUT2D eigenvalue weighted by atomic mass is 10.0. The first-order chi connectivity index (χ1) is 8.39. The summed E-state index contributed by atoms with van der Waals surface area (Å²) >= 11 is 0. The van der Waals surface area contributed by atoms with Gasteiger partial charge in [0, 0.05) is 5.56 Å². The van der Waals surface area contributed by atoms with E-state index in [2.05, 4.69) is 5.32 Å². The molecule has 0 aromatic heterocycles. The molecule has 98 valence electrons. The van der Waals surface area contributed by atoms with Gasteiger partial charge in [0.15, 0.2) is 5.78 Å². The third-order valence-corrected chi connectivity index (χ3v) is 2.94. The van der Waals surface area contributed by atoms with Gasteiger partial charge in [0.05, 0.1) is 11.6 Å². The highest BCUT2D eigenvalue weighted by Crippen LogP contribution is 2.31. The predicted octanol–water partition coefficient (Wildman–Crippen LogP) is 2.78. The van der Waals surface area contributed by atoms with Crippen LogP contribution >= 0.6 is 0 Å². The fourth-order valence-corrected chi connectivity index (χ4v) is 2.01. The zero-order valence-electron chi connectivity index (χ0n) is 9.35. The van der Waals surface area contributed by atoms with Crippen LogP contribution < -0.4 is 5.32 Å². The van der Waals surface area contributed by atoms with E-state index in [1.165, 1.54) is 0 Å². The van der Waals surface area contributed by atoms with Crippen LogP contribution in [-0.4, -0.2) is 18.4 Å². The third kappa shape index (κ3) is 2.53. The standard InChI is InChI=1S/C12H11F4NO/c13-9-6-7(3-4-8(9)12(14,15)16)11(18)10-2-1-5-17-10/h3-4,6,10,17H,1-2,5H2. The van der Waals surface area contributed by atoms with Crippen molar-refractivity contribution in [3.8, 4) is 0 Å². The van der Waals surface area contributed by atoms with Gasteiger partial charge in [0.1, 0.15) is 5.82 Å². The summed E-state index contributed by atoms with van der Waals surface area (Å²) in [5, 5.41) is 2.92. The molecule has 0 amide bonds. The largest absolute Gasteiger partial charge is 0.419 e. The second kappa shape index (κ2) is 4.68. The Morgan fingerprint density at radius 1 is 1.33 bits per heavy atom. The number of carbonyl (C=O) groups excluding carboxylic acids is 1. The van der Waals surface area contributed by atoms with Crippen molar-refractivity contribution >= 4 is 5.78 Å². The van der Waals surface area contributed by atoms with Gasteiger partial charge in [-0.2, -0.15) is 13.2 Å². The predicted molar refractivity (Wildman–Crippen MR) is 56.8 cm³/mol. The molecule has 0 aliphatic carbocycles. The molecule has 1 unspecified atom stereocenters. The van der Waals surface area contributed by atoms with Crippen LogP contribution in [-0.2, 0) is 6.18 Å². The van der Waals surface area contributed by atoms with Crippen molar-refractivity contribution < 1.29 is 22.4 Å². The van der Waals surface area contributed by atoms with Gasteiger partial charge < -0.3 is 5.32 Å². The lowest BCUT2D eigenvalue weighted by molar-refractivity contribution is -0.140. The number of nitrogens with one attached hydrogen (secondary N) is 1. The third-order valence-electron chi connectivity index (χ3n) is 2.94. The molecule has 2 nitrogen and oxygen atoms in total. The molecule has 1 saturated heterocycles. The van der Waals surface area contributed by atoms with E-state index in [4.69, 9.17) is 0 Å². The van der Waals surface area contributed by atoms with E-state index < -0.39 is 23.6 Å². The summed E-state index contributed by atoms with van der Waals surface area (Å²) in [7, 11) is 0. The van der Waals surface area contributed by atoms with Crippen LogP contribution in [0.1, 0.15) is 28.8 Å². The molecule has 1 aromatic rings. The molecule has 0 radical (unpaired) electrons. The number of hydrogen-bond acceptors (Lipinski definition) is 2. The van der Waals surface area contributed by atoms with E-state index in [9.17, 15) is 22.4 Å². The highest BCUT2D eigenvalue weighted by atomic mass is 19.4. The minimum absolute atomic E-state index is 0.0279. The Kier molecular flexibility index (Phi) is 3.38. The minimum atomic E-state index is -4.74. The molecule has 0 spiro atoms. The highest BCUT2D eigenvalue weighted by molar-refractivity contribution is 6.00. The minimum Gasteiger partial charge on any atom is -0.307 e. The maximum absolute atomic E-state index is 13.3. The second-order valence-electron chi connectivity index (χ2n) is 4.21. The SMILES string of the molecule is O=C(c1ccc(C(F)(F)F)c(F)c1)C1CCCN1. The molecule has 1 aliphatic heterocycles. The Morgan fingerprint density at radius 2 is 2.06 bits per heavy atom. The topological polar surface area (TPSA) is 29.1 Å². The number of Topliss-reactive ketones (excluding diaryl/α,β-unsaturated/α-hetero) is 1. The Hall–Kier alpha value is -1.43. The van der Waals surface area contributed by atoms with Gasteiger partial charge in [-0.25, -0.2) is 4.39 Å². The lowest BCUT2D eigenvalue weighted by Gasteiger charge is -2.11. The normalized spacial score (nSPS) is 20.1. The number of benzene rings is 1. The average Bonchev–Trinajstić information content (AvgIpc) is 2.79. The summed E-state index contributed by atoms with van der Waals surface area (Å²) in [5.41, 5.74) is -1.38. The van der Waals surface area contributed by atoms with Gasteiger partial charge in [-0.3, -0.25) is 4.79 Å². The van der Waals surface area contributed by atoms with Gasteiger partial charge in [0.25, 0.3) is 0 Å². The zero-order valence-corrected chi connectivity index (χ0v) is 9.35. The van der Waals surface area contributed by atoms with Gasteiger partial charge in [-0.05, 0) is 31.5 Å². The molecular formula is C12H11F4NO. The molecular weight excluding hydrogens is 250 g/mol. The molecule has 1 heterocycles. The summed E-state index contributed by atoms with van der Waals surface area (Å²) in [4.78, 5) is 11.8. The number of alkyl halides is 3. The quantitative estimate of drug-likeness (QED) is 0.655. The van der Waals surface area contributed by atoms with Crippen LogP contribution in [0, 0.1) is 5.82 Å². The van der Waals surface area contributed by atoms with Crippen LogP contribution in [0.4, 0.5) is 17.6 Å². The van der Waals surface area contributed by atoms with Crippen LogP contribution in [0.25, 0.3) is 0 Å². The van der Waals surface area contributed by atoms with Crippen molar-refractivity contribution in [2.45, 2.75) is 25.1 Å². The molecule has 0 bridgehead atoms. The Labute approximate surface area is 101 Å². The van der Waals surface area contributed by atoms with Crippen molar-refractivity contribution in [1.29, 1.82) is 0 Å². The van der Waals surface area contributed by atoms with E-state index >= 15 is 0 Å². The number of carbonyl (C=O) groups is 1. The first-order valence-corrected chi connectivity index (χ1v) is 5.54. The van der Waals surface area contributed by atoms with Crippen molar-refractivity contribution in [1.82, 2.24) is 5.32 Å². The van der Waals surface area contributed by atoms with Gasteiger partial charge >= 0.3 is 6.18 Å². The van der Waals surface area contributed by atoms with Crippen LogP contribution in [0.2, 0.25) is 0 Å². The fraction of sp³-hybridized carbons (Fsp3) is 0.417. The van der Waals surface area contributed by atoms with Crippen LogP contribution in [0.5, 0.6) is 0 Å². The fourth-order valence-electron chi connectivity index (χ4n) is 2.01. The molecule has 1 atom stereocenters. The molecule has 0 saturated carbocycles.